The summed E-state index contributed by atoms with van der Waals surface area (Å²) in [6.07, 6.45) is 6.72. The fraction of sp³-hybridized carbons (Fsp3) is 0.333. The molecule has 0 spiro atoms. The highest BCUT2D eigenvalue weighted by molar-refractivity contribution is 5.95. The Kier molecular flexibility index (Phi) is 5.96. The summed E-state index contributed by atoms with van der Waals surface area (Å²) in [5.74, 6) is 0.923. The molecule has 0 fully saturated rings. The summed E-state index contributed by atoms with van der Waals surface area (Å²) < 4.78 is 2.00. The number of rotatable bonds is 8. The van der Waals surface area contributed by atoms with Crippen LogP contribution in [0.3, 0.4) is 0 Å². The molecule has 6 heteroatoms. The van der Waals surface area contributed by atoms with Gasteiger partial charge in [0.05, 0.1) is 5.56 Å². The first kappa shape index (κ1) is 18.8. The van der Waals surface area contributed by atoms with Gasteiger partial charge in [-0.1, -0.05) is 38.1 Å². The molecular formula is C21H24N4O2. The lowest BCUT2D eigenvalue weighted by Crippen LogP contribution is -2.06. The average molecular weight is 364 g/mol. The number of carboxylic acid groups (broad SMARTS) is 1. The largest absolute Gasteiger partial charge is 0.478 e. The van der Waals surface area contributed by atoms with Crippen molar-refractivity contribution in [2.45, 2.75) is 46.1 Å². The highest BCUT2D eigenvalue weighted by atomic mass is 16.4. The van der Waals surface area contributed by atoms with Crippen molar-refractivity contribution in [2.75, 3.05) is 0 Å². The molecule has 0 aliphatic rings. The van der Waals surface area contributed by atoms with Gasteiger partial charge in [-0.15, -0.1) is 0 Å². The van der Waals surface area contributed by atoms with E-state index in [9.17, 15) is 9.90 Å². The molecule has 0 amide bonds. The van der Waals surface area contributed by atoms with Gasteiger partial charge in [-0.2, -0.15) is 5.10 Å². The van der Waals surface area contributed by atoms with Crippen LogP contribution in [-0.2, 0) is 19.4 Å². The lowest BCUT2D eigenvalue weighted by atomic mass is 10.00. The fourth-order valence-corrected chi connectivity index (χ4v) is 3.07. The van der Waals surface area contributed by atoms with Crippen LogP contribution in [0, 0.1) is 0 Å². The molecule has 0 radical (unpaired) electrons. The first-order valence-corrected chi connectivity index (χ1v) is 9.31. The number of nitrogens with zero attached hydrogens (tertiary/aromatic N) is 4. The molecule has 2 heterocycles. The molecule has 0 aliphatic heterocycles. The minimum atomic E-state index is -0.951. The highest BCUT2D eigenvalue weighted by Crippen LogP contribution is 2.24. The quantitative estimate of drug-likeness (QED) is 0.653. The molecule has 1 aromatic carbocycles. The molecule has 6 nitrogen and oxygen atoms in total. The van der Waals surface area contributed by atoms with Crippen LogP contribution in [0.4, 0.5) is 0 Å². The van der Waals surface area contributed by atoms with Crippen LogP contribution in [0.2, 0.25) is 0 Å². The van der Waals surface area contributed by atoms with E-state index in [2.05, 4.69) is 23.9 Å². The summed E-state index contributed by atoms with van der Waals surface area (Å²) in [5.41, 5.74) is 2.83. The lowest BCUT2D eigenvalue weighted by Gasteiger charge is -2.08. The van der Waals surface area contributed by atoms with Gasteiger partial charge < -0.3 is 5.11 Å². The molecular weight excluding hydrogens is 340 g/mol. The smallest absolute Gasteiger partial charge is 0.336 e. The van der Waals surface area contributed by atoms with Gasteiger partial charge in [-0.05, 0) is 30.0 Å². The Morgan fingerprint density at radius 3 is 2.56 bits per heavy atom. The number of carbonyl (C=O) groups is 1. The summed E-state index contributed by atoms with van der Waals surface area (Å²) in [7, 11) is 0. The normalized spacial score (nSPS) is 10.9. The molecule has 2 aromatic heterocycles. The monoisotopic (exact) mass is 364 g/mol. The van der Waals surface area contributed by atoms with Crippen molar-refractivity contribution >= 4 is 5.97 Å². The van der Waals surface area contributed by atoms with Gasteiger partial charge in [-0.25, -0.2) is 14.5 Å². The SMILES string of the molecule is CCCc1nc(Cc2ccc(-c3cnccc3C(=O)O)cc2)n(CCC)n1. The minimum absolute atomic E-state index is 0.254. The van der Waals surface area contributed by atoms with Crippen molar-refractivity contribution in [3.05, 3.63) is 65.5 Å². The van der Waals surface area contributed by atoms with E-state index in [1.807, 2.05) is 28.9 Å². The number of hydrogen-bond donors (Lipinski definition) is 1. The molecule has 0 atom stereocenters. The number of carboxylic acids is 1. The number of aryl methyl sites for hydroxylation is 2. The summed E-state index contributed by atoms with van der Waals surface area (Å²) in [4.78, 5) is 20.2. The molecule has 0 unspecified atom stereocenters. The maximum Gasteiger partial charge on any atom is 0.336 e. The predicted octanol–water partition coefficient (Wildman–Crippen LogP) is 3.99. The second-order valence-corrected chi connectivity index (χ2v) is 6.52. The maximum absolute atomic E-state index is 11.4. The Hall–Kier alpha value is -3.02. The third-order valence-corrected chi connectivity index (χ3v) is 4.38. The first-order valence-electron chi connectivity index (χ1n) is 9.31. The fourth-order valence-electron chi connectivity index (χ4n) is 3.07. The highest BCUT2D eigenvalue weighted by Gasteiger charge is 2.13. The number of aromatic carboxylic acids is 1. The van der Waals surface area contributed by atoms with Gasteiger partial charge >= 0.3 is 5.97 Å². The Balaban J connectivity index is 1.84. The van der Waals surface area contributed by atoms with Crippen molar-refractivity contribution in [3.63, 3.8) is 0 Å². The number of benzene rings is 1. The van der Waals surface area contributed by atoms with E-state index in [0.29, 0.717) is 12.0 Å². The van der Waals surface area contributed by atoms with Gasteiger partial charge in [0, 0.05) is 37.3 Å². The van der Waals surface area contributed by atoms with E-state index in [4.69, 9.17) is 4.98 Å². The Morgan fingerprint density at radius 2 is 1.89 bits per heavy atom. The molecule has 3 rings (SSSR count). The zero-order valence-corrected chi connectivity index (χ0v) is 15.7. The molecule has 0 saturated carbocycles. The maximum atomic E-state index is 11.4. The number of aromatic nitrogens is 4. The van der Waals surface area contributed by atoms with Gasteiger partial charge in [0.2, 0.25) is 0 Å². The zero-order chi connectivity index (χ0) is 19.2. The zero-order valence-electron chi connectivity index (χ0n) is 15.7. The lowest BCUT2D eigenvalue weighted by molar-refractivity contribution is 0.0697. The molecule has 1 N–H and O–H groups in total. The third kappa shape index (κ3) is 4.39. The van der Waals surface area contributed by atoms with Crippen molar-refractivity contribution in [1.29, 1.82) is 0 Å². The minimum Gasteiger partial charge on any atom is -0.478 e. The van der Waals surface area contributed by atoms with Crippen LogP contribution in [-0.4, -0.2) is 30.8 Å². The van der Waals surface area contributed by atoms with Gasteiger partial charge in [0.15, 0.2) is 5.82 Å². The Labute approximate surface area is 158 Å². The summed E-state index contributed by atoms with van der Waals surface area (Å²) in [6, 6.07) is 9.42. The molecule has 140 valence electrons. The molecule has 3 aromatic rings. The van der Waals surface area contributed by atoms with E-state index in [1.165, 1.54) is 12.3 Å². The van der Waals surface area contributed by atoms with Crippen molar-refractivity contribution < 1.29 is 9.90 Å². The standard InChI is InChI=1S/C21H24N4O2/c1-3-5-19-23-20(25(24-19)12-4-2)13-15-6-8-16(9-7-15)18-14-22-11-10-17(18)21(26)27/h6-11,14H,3-5,12-13H2,1-2H3,(H,26,27). The summed E-state index contributed by atoms with van der Waals surface area (Å²) in [6.45, 7) is 5.12. The van der Waals surface area contributed by atoms with Gasteiger partial charge in [0.1, 0.15) is 5.82 Å². The number of hydrogen-bond acceptors (Lipinski definition) is 4. The summed E-state index contributed by atoms with van der Waals surface area (Å²) >= 11 is 0. The van der Waals surface area contributed by atoms with E-state index < -0.39 is 5.97 Å². The first-order chi connectivity index (χ1) is 13.1. The van der Waals surface area contributed by atoms with Gasteiger partial charge in [0.25, 0.3) is 0 Å². The molecule has 0 bridgehead atoms. The second kappa shape index (κ2) is 8.58. The van der Waals surface area contributed by atoms with E-state index in [1.54, 1.807) is 6.20 Å². The van der Waals surface area contributed by atoms with Gasteiger partial charge in [-0.3, -0.25) is 4.98 Å². The van der Waals surface area contributed by atoms with Crippen LogP contribution in [0.1, 0.15) is 54.3 Å². The van der Waals surface area contributed by atoms with E-state index in [-0.39, 0.29) is 5.56 Å². The van der Waals surface area contributed by atoms with E-state index in [0.717, 1.165) is 48.6 Å². The Morgan fingerprint density at radius 1 is 1.11 bits per heavy atom. The van der Waals surface area contributed by atoms with Crippen LogP contribution < -0.4 is 0 Å². The molecule has 0 saturated heterocycles. The number of pyridine rings is 1. The van der Waals surface area contributed by atoms with Crippen LogP contribution in [0.25, 0.3) is 11.1 Å². The van der Waals surface area contributed by atoms with Crippen LogP contribution in [0.5, 0.6) is 0 Å². The topological polar surface area (TPSA) is 80.9 Å². The van der Waals surface area contributed by atoms with Crippen LogP contribution in [0.15, 0.2) is 42.7 Å². The molecule has 0 aliphatic carbocycles. The Bertz CT molecular complexity index is 916. The average Bonchev–Trinajstić information content (AvgIpc) is 3.04. The third-order valence-electron chi connectivity index (χ3n) is 4.38. The van der Waals surface area contributed by atoms with Crippen LogP contribution >= 0.6 is 0 Å². The summed E-state index contributed by atoms with van der Waals surface area (Å²) in [5, 5.41) is 14.0. The van der Waals surface area contributed by atoms with Crippen molar-refractivity contribution in [1.82, 2.24) is 19.7 Å². The van der Waals surface area contributed by atoms with Crippen molar-refractivity contribution in [3.8, 4) is 11.1 Å². The predicted molar refractivity (Wildman–Crippen MR) is 104 cm³/mol. The second-order valence-electron chi connectivity index (χ2n) is 6.52. The van der Waals surface area contributed by atoms with Crippen molar-refractivity contribution in [2.24, 2.45) is 0 Å². The molecule has 27 heavy (non-hydrogen) atoms. The van der Waals surface area contributed by atoms with E-state index >= 15 is 0 Å².